The molecule has 0 aliphatic rings. The van der Waals surface area contributed by atoms with Crippen LogP contribution in [-0.4, -0.2) is 20.6 Å². The monoisotopic (exact) mass is 512 g/mol. The molecule has 0 radical (unpaired) electrons. The summed E-state index contributed by atoms with van der Waals surface area (Å²) in [6.45, 7) is 1.66. The Labute approximate surface area is 208 Å². The number of amides is 1. The largest absolute Gasteiger partial charge is 0.471 e. The smallest absolute Gasteiger partial charge is 0.416 e. The summed E-state index contributed by atoms with van der Waals surface area (Å²) in [6, 6.07) is 16.6. The van der Waals surface area contributed by atoms with Crippen LogP contribution >= 0.6 is 0 Å². The summed E-state index contributed by atoms with van der Waals surface area (Å²) < 4.78 is 50.8. The summed E-state index contributed by atoms with van der Waals surface area (Å²) in [5.74, 6) is -0.0788. The predicted octanol–water partition coefficient (Wildman–Crippen LogP) is 6.20. The molecule has 1 heterocycles. The van der Waals surface area contributed by atoms with Gasteiger partial charge in [-0.1, -0.05) is 23.8 Å². The van der Waals surface area contributed by atoms with Gasteiger partial charge in [0.15, 0.2) is 12.4 Å². The Morgan fingerprint density at radius 3 is 2.49 bits per heavy atom. The first-order valence-corrected chi connectivity index (χ1v) is 10.8. The molecule has 0 saturated heterocycles. The lowest BCUT2D eigenvalue weighted by Crippen LogP contribution is -2.14. The molecule has 0 aliphatic heterocycles. The number of hydrogen-bond donors (Lipinski definition) is 1. The number of nitro groups is 1. The van der Waals surface area contributed by atoms with E-state index in [0.29, 0.717) is 5.75 Å². The van der Waals surface area contributed by atoms with E-state index in [-0.39, 0.29) is 35.3 Å². The second-order valence-corrected chi connectivity index (χ2v) is 7.88. The number of non-ortho nitro benzene ring substituents is 1. The number of nitrogens with one attached hydrogen (secondary N) is 1. The van der Waals surface area contributed by atoms with Crippen LogP contribution in [0.25, 0.3) is 0 Å². The van der Waals surface area contributed by atoms with Crippen LogP contribution in [0.15, 0.2) is 79.0 Å². The number of benzene rings is 3. The second-order valence-electron chi connectivity index (χ2n) is 7.88. The summed E-state index contributed by atoms with van der Waals surface area (Å²) >= 11 is 0. The number of nitro benzene ring substituents is 1. The molecule has 3 aromatic carbocycles. The number of hydrogen-bond acceptors (Lipinski definition) is 6. The molecule has 0 atom stereocenters. The third-order valence-corrected chi connectivity index (χ3v) is 5.01. The first-order valence-electron chi connectivity index (χ1n) is 10.8. The van der Waals surface area contributed by atoms with Gasteiger partial charge in [-0.05, 0) is 43.3 Å². The molecule has 190 valence electrons. The van der Waals surface area contributed by atoms with Crippen LogP contribution in [-0.2, 0) is 12.9 Å². The number of alkyl halides is 3. The summed E-state index contributed by atoms with van der Waals surface area (Å²) in [4.78, 5) is 23.4. The van der Waals surface area contributed by atoms with Crippen LogP contribution in [0, 0.1) is 17.0 Å². The van der Waals surface area contributed by atoms with E-state index < -0.39 is 22.6 Å². The molecule has 12 heteroatoms. The summed E-state index contributed by atoms with van der Waals surface area (Å²) in [5.41, 5.74) is -0.0663. The minimum Gasteiger partial charge on any atom is -0.471 e. The summed E-state index contributed by atoms with van der Waals surface area (Å²) in [7, 11) is 0. The fourth-order valence-corrected chi connectivity index (χ4v) is 3.21. The van der Waals surface area contributed by atoms with Crippen LogP contribution < -0.4 is 14.8 Å². The lowest BCUT2D eigenvalue weighted by atomic mass is 10.2. The predicted molar refractivity (Wildman–Crippen MR) is 127 cm³/mol. The first kappa shape index (κ1) is 25.2. The number of aromatic nitrogens is 2. The van der Waals surface area contributed by atoms with Crippen molar-refractivity contribution in [3.63, 3.8) is 0 Å². The Morgan fingerprint density at radius 2 is 1.78 bits per heavy atom. The number of carbonyl (C=O) groups is 1. The van der Waals surface area contributed by atoms with Gasteiger partial charge in [-0.2, -0.15) is 18.3 Å². The van der Waals surface area contributed by atoms with Gasteiger partial charge in [0.25, 0.3) is 11.6 Å². The highest BCUT2D eigenvalue weighted by atomic mass is 19.4. The van der Waals surface area contributed by atoms with Crippen LogP contribution in [0.3, 0.4) is 0 Å². The van der Waals surface area contributed by atoms with Crippen molar-refractivity contribution in [2.24, 2.45) is 0 Å². The minimum atomic E-state index is -4.51. The van der Waals surface area contributed by atoms with Crippen molar-refractivity contribution < 1.29 is 32.4 Å². The maximum atomic E-state index is 12.9. The van der Waals surface area contributed by atoms with Crippen molar-refractivity contribution in [1.29, 1.82) is 0 Å². The van der Waals surface area contributed by atoms with Gasteiger partial charge in [0.1, 0.15) is 17.2 Å². The van der Waals surface area contributed by atoms with Crippen LogP contribution in [0.2, 0.25) is 0 Å². The molecule has 0 aliphatic carbocycles. The van der Waals surface area contributed by atoms with Crippen molar-refractivity contribution in [3.8, 4) is 17.2 Å². The fourth-order valence-electron chi connectivity index (χ4n) is 3.21. The Balaban J connectivity index is 1.44. The molecule has 0 bridgehead atoms. The molecular weight excluding hydrogens is 493 g/mol. The number of rotatable bonds is 8. The molecule has 0 saturated carbocycles. The Bertz CT molecular complexity index is 1440. The molecule has 9 nitrogen and oxygen atoms in total. The highest BCUT2D eigenvalue weighted by Gasteiger charge is 2.30. The van der Waals surface area contributed by atoms with E-state index in [1.165, 1.54) is 47.3 Å². The Kier molecular flexibility index (Phi) is 7.09. The molecule has 4 aromatic rings. The van der Waals surface area contributed by atoms with Gasteiger partial charge in [-0.3, -0.25) is 14.9 Å². The van der Waals surface area contributed by atoms with E-state index in [0.717, 1.165) is 17.7 Å². The molecule has 0 unspecified atom stereocenters. The maximum Gasteiger partial charge on any atom is 0.416 e. The maximum absolute atomic E-state index is 12.9. The van der Waals surface area contributed by atoms with Crippen molar-refractivity contribution in [1.82, 2.24) is 9.78 Å². The molecule has 0 fully saturated rings. The van der Waals surface area contributed by atoms with Gasteiger partial charge in [0, 0.05) is 18.3 Å². The van der Waals surface area contributed by atoms with Crippen molar-refractivity contribution >= 4 is 17.3 Å². The number of nitrogens with zero attached hydrogens (tertiary/aromatic N) is 3. The highest BCUT2D eigenvalue weighted by molar-refractivity contribution is 6.03. The lowest BCUT2D eigenvalue weighted by molar-refractivity contribution is -0.384. The van der Waals surface area contributed by atoms with Crippen molar-refractivity contribution in [3.05, 3.63) is 106 Å². The third-order valence-electron chi connectivity index (χ3n) is 5.01. The minimum absolute atomic E-state index is 0.0194. The third kappa shape index (κ3) is 6.63. The molecule has 1 N–H and O–H groups in total. The lowest BCUT2D eigenvalue weighted by Gasteiger charge is -2.10. The van der Waals surface area contributed by atoms with E-state index in [1.807, 2.05) is 19.1 Å². The molecule has 0 spiro atoms. The zero-order valence-electron chi connectivity index (χ0n) is 19.2. The van der Waals surface area contributed by atoms with Crippen molar-refractivity contribution in [2.45, 2.75) is 19.8 Å². The average Bonchev–Trinajstić information content (AvgIpc) is 3.33. The summed E-state index contributed by atoms with van der Waals surface area (Å²) in [6.07, 6.45) is -3.10. The van der Waals surface area contributed by atoms with Crippen LogP contribution in [0.1, 0.15) is 21.6 Å². The Morgan fingerprint density at radius 1 is 1.03 bits per heavy atom. The van der Waals surface area contributed by atoms with E-state index in [2.05, 4.69) is 10.4 Å². The van der Waals surface area contributed by atoms with Gasteiger partial charge in [0.05, 0.1) is 22.2 Å². The quantitative estimate of drug-likeness (QED) is 0.222. The number of aryl methyl sites for hydroxylation is 1. The second kappa shape index (κ2) is 10.4. The van der Waals surface area contributed by atoms with Crippen molar-refractivity contribution in [2.75, 3.05) is 5.32 Å². The van der Waals surface area contributed by atoms with E-state index >= 15 is 0 Å². The van der Waals surface area contributed by atoms with Gasteiger partial charge in [-0.25, -0.2) is 4.68 Å². The number of anilines is 1. The van der Waals surface area contributed by atoms with Gasteiger partial charge >= 0.3 is 6.18 Å². The Hall–Kier alpha value is -4.87. The van der Waals surface area contributed by atoms with E-state index in [9.17, 15) is 28.1 Å². The van der Waals surface area contributed by atoms with Gasteiger partial charge in [0.2, 0.25) is 0 Å². The zero-order chi connectivity index (χ0) is 26.6. The summed E-state index contributed by atoms with van der Waals surface area (Å²) in [5, 5.41) is 17.9. The fraction of sp³-hybridized carbons (Fsp3) is 0.120. The van der Waals surface area contributed by atoms with E-state index in [1.54, 1.807) is 12.1 Å². The average molecular weight is 512 g/mol. The molecular formula is C25H19F3N4O5. The molecule has 1 aromatic heterocycles. The normalized spacial score (nSPS) is 11.1. The first-order chi connectivity index (χ1) is 17.6. The standard InChI is InChI=1S/C25H19F3N4O5/c1-16-5-7-20(8-6-16)37-22-13-18(12-19(14-22)32(34)35)29-24(33)23-9-10-31(30-23)15-36-21-4-2-3-17(11-21)25(26,27)28/h2-14H,15H2,1H3,(H,29,33). The van der Waals surface area contributed by atoms with Crippen LogP contribution in [0.4, 0.5) is 24.5 Å². The van der Waals surface area contributed by atoms with Crippen LogP contribution in [0.5, 0.6) is 17.2 Å². The number of halogens is 3. The number of ether oxygens (including phenoxy) is 2. The zero-order valence-corrected chi connectivity index (χ0v) is 19.2. The molecule has 4 rings (SSSR count). The molecule has 37 heavy (non-hydrogen) atoms. The molecule has 1 amide bonds. The highest BCUT2D eigenvalue weighted by Crippen LogP contribution is 2.32. The van der Waals surface area contributed by atoms with Gasteiger partial charge < -0.3 is 14.8 Å². The van der Waals surface area contributed by atoms with Gasteiger partial charge in [-0.15, -0.1) is 0 Å². The topological polar surface area (TPSA) is 109 Å². The van der Waals surface area contributed by atoms with E-state index in [4.69, 9.17) is 9.47 Å². The number of carbonyl (C=O) groups excluding carboxylic acids is 1. The SMILES string of the molecule is Cc1ccc(Oc2cc(NC(=O)c3ccn(COc4cccc(C(F)(F)F)c4)n3)cc([N+](=O)[O-])c2)cc1.